The van der Waals surface area contributed by atoms with E-state index in [9.17, 15) is 14.4 Å². The minimum atomic E-state index is -0.486. The third-order valence-corrected chi connectivity index (χ3v) is 3.76. The molecule has 1 aromatic rings. The van der Waals surface area contributed by atoms with Crippen molar-refractivity contribution in [1.29, 1.82) is 0 Å². The van der Waals surface area contributed by atoms with Crippen molar-refractivity contribution < 1.29 is 28.6 Å². The Morgan fingerprint density at radius 3 is 2.68 bits per heavy atom. The fourth-order valence-electron chi connectivity index (χ4n) is 2.46. The fraction of sp³-hybridized carbons (Fsp3) is 0.471. The second kappa shape index (κ2) is 8.36. The molecule has 136 valence electrons. The smallest absolute Gasteiger partial charge is 0.310 e. The quantitative estimate of drug-likeness (QED) is 0.731. The number of carbonyl (C=O) groups excluding carboxylic acids is 3. The number of methoxy groups -OCH3 is 1. The molecule has 0 radical (unpaired) electrons. The third kappa shape index (κ3) is 4.85. The van der Waals surface area contributed by atoms with E-state index >= 15 is 0 Å². The number of esters is 1. The van der Waals surface area contributed by atoms with Crippen molar-refractivity contribution in [3.8, 4) is 11.5 Å². The van der Waals surface area contributed by atoms with Gasteiger partial charge in [0.25, 0.3) is 5.91 Å². The number of carbonyl (C=O) groups is 3. The highest BCUT2D eigenvalue weighted by Gasteiger charge is 2.24. The summed E-state index contributed by atoms with van der Waals surface area (Å²) in [6.45, 7) is 3.96. The average Bonchev–Trinajstić information content (AvgIpc) is 3.06. The first-order chi connectivity index (χ1) is 11.9. The van der Waals surface area contributed by atoms with Gasteiger partial charge in [-0.05, 0) is 18.2 Å². The third-order valence-electron chi connectivity index (χ3n) is 3.76. The molecule has 8 heteroatoms. The lowest BCUT2D eigenvalue weighted by molar-refractivity contribution is -0.145. The van der Waals surface area contributed by atoms with Crippen molar-refractivity contribution in [2.24, 2.45) is 5.92 Å². The van der Waals surface area contributed by atoms with Crippen molar-refractivity contribution in [3.63, 3.8) is 0 Å². The Morgan fingerprint density at radius 2 is 2.00 bits per heavy atom. The van der Waals surface area contributed by atoms with Gasteiger partial charge in [0, 0.05) is 32.1 Å². The van der Waals surface area contributed by atoms with Gasteiger partial charge in [0.15, 0.2) is 11.5 Å². The van der Waals surface area contributed by atoms with Crippen LogP contribution in [0.5, 0.6) is 11.5 Å². The molecule has 8 nitrogen and oxygen atoms in total. The van der Waals surface area contributed by atoms with Crippen LogP contribution in [0, 0.1) is 5.92 Å². The highest BCUT2D eigenvalue weighted by Crippen LogP contribution is 2.32. The predicted octanol–water partition coefficient (Wildman–Crippen LogP) is 0.803. The van der Waals surface area contributed by atoms with E-state index in [0.29, 0.717) is 23.6 Å². The Morgan fingerprint density at radius 1 is 1.28 bits per heavy atom. The van der Waals surface area contributed by atoms with Crippen molar-refractivity contribution in [1.82, 2.24) is 10.2 Å². The van der Waals surface area contributed by atoms with Crippen molar-refractivity contribution in [3.05, 3.63) is 23.8 Å². The molecule has 0 saturated heterocycles. The maximum atomic E-state index is 12.8. The number of rotatable bonds is 7. The van der Waals surface area contributed by atoms with Crippen LogP contribution >= 0.6 is 0 Å². The summed E-state index contributed by atoms with van der Waals surface area (Å²) in [5, 5.41) is 2.65. The van der Waals surface area contributed by atoms with Crippen LogP contribution in [0.4, 0.5) is 0 Å². The van der Waals surface area contributed by atoms with Crippen molar-refractivity contribution in [2.75, 3.05) is 33.5 Å². The molecule has 0 fully saturated rings. The van der Waals surface area contributed by atoms with E-state index in [-0.39, 0.29) is 31.7 Å². The van der Waals surface area contributed by atoms with Crippen LogP contribution in [-0.2, 0) is 14.3 Å². The van der Waals surface area contributed by atoms with Crippen LogP contribution in [0.1, 0.15) is 24.2 Å². The summed E-state index contributed by atoms with van der Waals surface area (Å²) < 4.78 is 15.3. The largest absolute Gasteiger partial charge is 0.469 e. The highest BCUT2D eigenvalue weighted by molar-refractivity contribution is 5.95. The van der Waals surface area contributed by atoms with Crippen LogP contribution in [0.15, 0.2) is 18.2 Å². The molecule has 25 heavy (non-hydrogen) atoms. The molecular weight excluding hydrogens is 328 g/mol. The molecule has 1 aliphatic heterocycles. The Labute approximate surface area is 146 Å². The highest BCUT2D eigenvalue weighted by atomic mass is 16.7. The van der Waals surface area contributed by atoms with Gasteiger partial charge >= 0.3 is 5.97 Å². The molecule has 1 N–H and O–H groups in total. The zero-order chi connectivity index (χ0) is 18.4. The zero-order valence-electron chi connectivity index (χ0n) is 14.5. The topological polar surface area (TPSA) is 94.2 Å². The minimum absolute atomic E-state index is 0.124. The summed E-state index contributed by atoms with van der Waals surface area (Å²) in [5.74, 6) is -0.239. The van der Waals surface area contributed by atoms with E-state index in [2.05, 4.69) is 5.32 Å². The van der Waals surface area contributed by atoms with Crippen molar-refractivity contribution >= 4 is 17.8 Å². The van der Waals surface area contributed by atoms with Crippen LogP contribution in [0.3, 0.4) is 0 Å². The Hall–Kier alpha value is -2.77. The van der Waals surface area contributed by atoms with E-state index in [4.69, 9.17) is 14.2 Å². The summed E-state index contributed by atoms with van der Waals surface area (Å²) in [4.78, 5) is 37.1. The number of fused-ring (bicyclic) bond motifs is 1. The molecule has 0 aromatic heterocycles. The molecule has 1 aromatic carbocycles. The molecule has 0 saturated carbocycles. The number of ether oxygens (including phenoxy) is 3. The van der Waals surface area contributed by atoms with Gasteiger partial charge in [-0.1, -0.05) is 6.92 Å². The first-order valence-corrected chi connectivity index (χ1v) is 7.93. The first kappa shape index (κ1) is 18.6. The van der Waals surface area contributed by atoms with Gasteiger partial charge in [0.05, 0.1) is 13.0 Å². The monoisotopic (exact) mass is 350 g/mol. The first-order valence-electron chi connectivity index (χ1n) is 7.93. The van der Waals surface area contributed by atoms with E-state index in [1.807, 2.05) is 0 Å². The molecule has 2 amide bonds. The SMILES string of the molecule is COC(=O)C(C)CN(CCNC(C)=O)C(=O)c1ccc2c(c1)OCO2. The number of nitrogens with one attached hydrogen (secondary N) is 1. The van der Waals surface area contributed by atoms with Crippen LogP contribution in [0.2, 0.25) is 0 Å². The molecule has 0 bridgehead atoms. The fourth-order valence-corrected chi connectivity index (χ4v) is 2.46. The Bertz CT molecular complexity index is 661. The molecule has 2 rings (SSSR count). The summed E-state index contributed by atoms with van der Waals surface area (Å²) >= 11 is 0. The van der Waals surface area contributed by atoms with Gasteiger partial charge in [-0.2, -0.15) is 0 Å². The Balaban J connectivity index is 2.13. The number of nitrogens with zero attached hydrogens (tertiary/aromatic N) is 1. The summed E-state index contributed by atoms with van der Waals surface area (Å²) in [6.07, 6.45) is 0. The zero-order valence-corrected chi connectivity index (χ0v) is 14.5. The minimum Gasteiger partial charge on any atom is -0.469 e. The molecule has 0 aliphatic carbocycles. The molecule has 0 spiro atoms. The lowest BCUT2D eigenvalue weighted by atomic mass is 10.1. The predicted molar refractivity (Wildman–Crippen MR) is 88.3 cm³/mol. The number of hydrogen-bond donors (Lipinski definition) is 1. The number of amides is 2. The van der Waals surface area contributed by atoms with Gasteiger partial charge in [0.2, 0.25) is 12.7 Å². The van der Waals surface area contributed by atoms with E-state index in [1.165, 1.54) is 18.9 Å². The van der Waals surface area contributed by atoms with Crippen LogP contribution < -0.4 is 14.8 Å². The lowest BCUT2D eigenvalue weighted by Gasteiger charge is -2.25. The summed E-state index contributed by atoms with van der Waals surface area (Å²) in [5.41, 5.74) is 0.421. The molecular formula is C17H22N2O6. The second-order valence-corrected chi connectivity index (χ2v) is 5.73. The second-order valence-electron chi connectivity index (χ2n) is 5.73. The van der Waals surface area contributed by atoms with Gasteiger partial charge in [0.1, 0.15) is 0 Å². The summed E-state index contributed by atoms with van der Waals surface area (Å²) in [6, 6.07) is 4.92. The molecule has 1 atom stereocenters. The van der Waals surface area contributed by atoms with Crippen molar-refractivity contribution in [2.45, 2.75) is 13.8 Å². The van der Waals surface area contributed by atoms with Gasteiger partial charge in [-0.15, -0.1) is 0 Å². The molecule has 1 unspecified atom stereocenters. The van der Waals surface area contributed by atoms with Gasteiger partial charge in [-0.3, -0.25) is 14.4 Å². The molecule has 1 heterocycles. The van der Waals surface area contributed by atoms with E-state index in [0.717, 1.165) is 0 Å². The van der Waals surface area contributed by atoms with Gasteiger partial charge in [-0.25, -0.2) is 0 Å². The summed E-state index contributed by atoms with van der Waals surface area (Å²) in [7, 11) is 1.31. The number of benzene rings is 1. The van der Waals surface area contributed by atoms with Crippen LogP contribution in [-0.4, -0.2) is 56.2 Å². The molecule has 1 aliphatic rings. The average molecular weight is 350 g/mol. The Kier molecular flexibility index (Phi) is 6.21. The standard InChI is InChI=1S/C17H22N2O6/c1-11(17(22)23-3)9-19(7-6-18-12(2)20)16(21)13-4-5-14-15(8-13)25-10-24-14/h4-5,8,11H,6-7,9-10H2,1-3H3,(H,18,20). The van der Waals surface area contributed by atoms with E-state index < -0.39 is 11.9 Å². The van der Waals surface area contributed by atoms with Gasteiger partial charge < -0.3 is 24.4 Å². The van der Waals surface area contributed by atoms with Crippen LogP contribution in [0.25, 0.3) is 0 Å². The van der Waals surface area contributed by atoms with E-state index in [1.54, 1.807) is 25.1 Å². The lowest BCUT2D eigenvalue weighted by Crippen LogP contribution is -2.41. The number of hydrogen-bond acceptors (Lipinski definition) is 6. The normalized spacial score (nSPS) is 13.1. The maximum absolute atomic E-state index is 12.8. The maximum Gasteiger partial charge on any atom is 0.310 e.